The Morgan fingerprint density at radius 1 is 0.950 bits per heavy atom. The molecule has 0 heterocycles. The van der Waals surface area contributed by atoms with Crippen molar-refractivity contribution in [3.05, 3.63) is 77.4 Å². The lowest BCUT2D eigenvalue weighted by Crippen LogP contribution is -2.10. The summed E-state index contributed by atoms with van der Waals surface area (Å²) in [6, 6.07) is 8.77. The molecule has 0 bridgehead atoms. The maximum atomic E-state index is 3.74. The summed E-state index contributed by atoms with van der Waals surface area (Å²) in [5.41, 5.74) is 5.21. The fourth-order valence-electron chi connectivity index (χ4n) is 1.71. The van der Waals surface area contributed by atoms with Crippen LogP contribution in [-0.2, 0) is 5.41 Å². The first kappa shape index (κ1) is 16.2. The van der Waals surface area contributed by atoms with Crippen molar-refractivity contribution in [3.8, 4) is 0 Å². The molecule has 0 aliphatic carbocycles. The van der Waals surface area contributed by atoms with Gasteiger partial charge in [0.05, 0.1) is 0 Å². The minimum absolute atomic E-state index is 0.213. The summed E-state index contributed by atoms with van der Waals surface area (Å²) in [6.07, 6.45) is 10.3. The van der Waals surface area contributed by atoms with Gasteiger partial charge in [-0.15, -0.1) is 0 Å². The highest BCUT2D eigenvalue weighted by Crippen LogP contribution is 2.22. The summed E-state index contributed by atoms with van der Waals surface area (Å²) >= 11 is 0. The average molecular weight is 266 g/mol. The highest BCUT2D eigenvalue weighted by molar-refractivity contribution is 5.53. The number of hydrogen-bond donors (Lipinski definition) is 0. The fourth-order valence-corrected chi connectivity index (χ4v) is 1.71. The van der Waals surface area contributed by atoms with Crippen LogP contribution in [0.5, 0.6) is 0 Å². The van der Waals surface area contributed by atoms with Crippen LogP contribution in [0.4, 0.5) is 0 Å². The summed E-state index contributed by atoms with van der Waals surface area (Å²) < 4.78 is 0. The summed E-state index contributed by atoms with van der Waals surface area (Å²) in [5.74, 6) is 0. The van der Waals surface area contributed by atoms with Crippen molar-refractivity contribution in [1.82, 2.24) is 0 Å². The molecule has 0 aliphatic rings. The number of allylic oxidation sites excluding steroid dienone is 6. The van der Waals surface area contributed by atoms with Gasteiger partial charge in [0.2, 0.25) is 0 Å². The van der Waals surface area contributed by atoms with Gasteiger partial charge in [-0.2, -0.15) is 0 Å². The van der Waals surface area contributed by atoms with E-state index in [9.17, 15) is 0 Å². The van der Waals surface area contributed by atoms with Crippen molar-refractivity contribution < 1.29 is 0 Å². The standard InChI is InChI=1S/C20H26/c1-7-16(2)8-9-17(3)10-11-18-12-14-19(15-13-18)20(4,5)6/h7-15H,1H2,2-6H3/b11-10+,16-8-,17-9+. The van der Waals surface area contributed by atoms with Crippen LogP contribution >= 0.6 is 0 Å². The molecule has 0 N–H and O–H groups in total. The Morgan fingerprint density at radius 2 is 1.50 bits per heavy atom. The van der Waals surface area contributed by atoms with E-state index in [1.807, 2.05) is 13.0 Å². The SMILES string of the molecule is C=C\C(C)=C/C=C(C)/C=C/c1ccc(C(C)(C)C)cc1. The molecule has 0 aromatic heterocycles. The highest BCUT2D eigenvalue weighted by Gasteiger charge is 2.12. The molecular weight excluding hydrogens is 240 g/mol. The van der Waals surface area contributed by atoms with Crippen LogP contribution < -0.4 is 0 Å². The molecule has 0 aliphatic heterocycles. The third-order valence-electron chi connectivity index (χ3n) is 3.25. The molecule has 0 radical (unpaired) electrons. The van der Waals surface area contributed by atoms with E-state index < -0.39 is 0 Å². The molecule has 0 spiro atoms. The second kappa shape index (κ2) is 7.09. The zero-order chi connectivity index (χ0) is 15.2. The topological polar surface area (TPSA) is 0 Å². The third-order valence-corrected chi connectivity index (χ3v) is 3.25. The minimum atomic E-state index is 0.213. The number of hydrogen-bond acceptors (Lipinski definition) is 0. The summed E-state index contributed by atoms with van der Waals surface area (Å²) in [6.45, 7) is 14.6. The second-order valence-electron chi connectivity index (χ2n) is 6.23. The Hall–Kier alpha value is -1.82. The van der Waals surface area contributed by atoms with E-state index in [4.69, 9.17) is 0 Å². The predicted octanol–water partition coefficient (Wildman–Crippen LogP) is 6.08. The van der Waals surface area contributed by atoms with Crippen molar-refractivity contribution in [1.29, 1.82) is 0 Å². The molecule has 20 heavy (non-hydrogen) atoms. The number of benzene rings is 1. The van der Waals surface area contributed by atoms with Crippen LogP contribution in [0.15, 0.2) is 66.3 Å². The third kappa shape index (κ3) is 5.44. The van der Waals surface area contributed by atoms with Crippen LogP contribution in [-0.4, -0.2) is 0 Å². The second-order valence-corrected chi connectivity index (χ2v) is 6.23. The van der Waals surface area contributed by atoms with E-state index in [-0.39, 0.29) is 5.41 Å². The van der Waals surface area contributed by atoms with Gasteiger partial charge in [0.1, 0.15) is 0 Å². The van der Waals surface area contributed by atoms with E-state index in [1.54, 1.807) is 0 Å². The Balaban J connectivity index is 2.79. The van der Waals surface area contributed by atoms with Gasteiger partial charge in [-0.1, -0.05) is 93.1 Å². The molecular formula is C20H26. The van der Waals surface area contributed by atoms with Gasteiger partial charge in [0.25, 0.3) is 0 Å². The normalized spacial score (nSPS) is 13.8. The van der Waals surface area contributed by atoms with Crippen molar-refractivity contribution >= 4 is 6.08 Å². The van der Waals surface area contributed by atoms with Crippen LogP contribution in [0, 0.1) is 0 Å². The first-order valence-corrected chi connectivity index (χ1v) is 7.09. The Labute approximate surface area is 124 Å². The zero-order valence-corrected chi connectivity index (χ0v) is 13.4. The molecule has 0 heteroatoms. The molecule has 106 valence electrons. The zero-order valence-electron chi connectivity index (χ0n) is 13.4. The molecule has 0 saturated heterocycles. The molecule has 0 saturated carbocycles. The van der Waals surface area contributed by atoms with Gasteiger partial charge in [0, 0.05) is 0 Å². The Bertz CT molecular complexity index is 528. The van der Waals surface area contributed by atoms with Crippen molar-refractivity contribution in [2.75, 3.05) is 0 Å². The monoisotopic (exact) mass is 266 g/mol. The number of rotatable bonds is 4. The summed E-state index contributed by atoms with van der Waals surface area (Å²) in [5, 5.41) is 0. The largest absolute Gasteiger partial charge is 0.0988 e. The lowest BCUT2D eigenvalue weighted by molar-refractivity contribution is 0.590. The molecule has 1 aromatic carbocycles. The summed E-state index contributed by atoms with van der Waals surface area (Å²) in [4.78, 5) is 0. The van der Waals surface area contributed by atoms with Crippen molar-refractivity contribution in [3.63, 3.8) is 0 Å². The van der Waals surface area contributed by atoms with Crippen molar-refractivity contribution in [2.45, 2.75) is 40.0 Å². The molecule has 0 fully saturated rings. The molecule has 1 rings (SSSR count). The molecule has 0 nitrogen and oxygen atoms in total. The first-order valence-electron chi connectivity index (χ1n) is 7.09. The fraction of sp³-hybridized carbons (Fsp3) is 0.300. The molecule has 0 atom stereocenters. The Kier molecular flexibility index (Phi) is 5.76. The van der Waals surface area contributed by atoms with E-state index in [0.29, 0.717) is 0 Å². The average Bonchev–Trinajstić information content (AvgIpc) is 2.41. The van der Waals surface area contributed by atoms with Crippen LogP contribution in [0.25, 0.3) is 6.08 Å². The van der Waals surface area contributed by atoms with E-state index in [2.05, 4.69) is 82.8 Å². The maximum absolute atomic E-state index is 3.74. The minimum Gasteiger partial charge on any atom is -0.0988 e. The quantitative estimate of drug-likeness (QED) is 0.580. The molecule has 1 aromatic rings. The van der Waals surface area contributed by atoms with Crippen LogP contribution in [0.2, 0.25) is 0 Å². The van der Waals surface area contributed by atoms with Gasteiger partial charge >= 0.3 is 0 Å². The summed E-state index contributed by atoms with van der Waals surface area (Å²) in [7, 11) is 0. The van der Waals surface area contributed by atoms with Gasteiger partial charge in [-0.05, 0) is 30.4 Å². The predicted molar refractivity (Wildman–Crippen MR) is 91.9 cm³/mol. The van der Waals surface area contributed by atoms with Crippen LogP contribution in [0.1, 0.15) is 45.7 Å². The first-order chi connectivity index (χ1) is 9.32. The van der Waals surface area contributed by atoms with Gasteiger partial charge in [-0.25, -0.2) is 0 Å². The smallest absolute Gasteiger partial charge is 0.0132 e. The highest BCUT2D eigenvalue weighted by atomic mass is 14.2. The van der Waals surface area contributed by atoms with Crippen LogP contribution in [0.3, 0.4) is 0 Å². The van der Waals surface area contributed by atoms with E-state index >= 15 is 0 Å². The lowest BCUT2D eigenvalue weighted by atomic mass is 9.87. The maximum Gasteiger partial charge on any atom is -0.0132 e. The lowest BCUT2D eigenvalue weighted by Gasteiger charge is -2.18. The van der Waals surface area contributed by atoms with Gasteiger partial charge in [0.15, 0.2) is 0 Å². The van der Waals surface area contributed by atoms with Gasteiger partial charge < -0.3 is 0 Å². The van der Waals surface area contributed by atoms with Gasteiger partial charge in [-0.3, -0.25) is 0 Å². The van der Waals surface area contributed by atoms with E-state index in [0.717, 1.165) is 0 Å². The molecule has 0 unspecified atom stereocenters. The Morgan fingerprint density at radius 3 is 2.00 bits per heavy atom. The molecule has 0 amide bonds. The van der Waals surface area contributed by atoms with Crippen molar-refractivity contribution in [2.24, 2.45) is 0 Å². The van der Waals surface area contributed by atoms with E-state index in [1.165, 1.54) is 22.3 Å².